The van der Waals surface area contributed by atoms with E-state index in [1.807, 2.05) is 0 Å². The summed E-state index contributed by atoms with van der Waals surface area (Å²) in [7, 11) is 0. The van der Waals surface area contributed by atoms with Gasteiger partial charge in [0.25, 0.3) is 0 Å². The Bertz CT molecular complexity index is 1480. The Morgan fingerprint density at radius 2 is 1.32 bits per heavy atom. The number of aryl methyl sites for hydroxylation is 2. The second kappa shape index (κ2) is 10.2. The normalized spacial score (nSPS) is 14.4. The monoisotopic (exact) mass is 486 g/mol. The fourth-order valence-corrected chi connectivity index (χ4v) is 5.85. The van der Waals surface area contributed by atoms with E-state index in [4.69, 9.17) is 10.1 Å². The highest BCUT2D eigenvalue weighted by molar-refractivity contribution is 5.81. The second-order valence-electron chi connectivity index (χ2n) is 10.3. The van der Waals surface area contributed by atoms with Gasteiger partial charge in [-0.25, -0.2) is 4.98 Å². The van der Waals surface area contributed by atoms with Crippen molar-refractivity contribution < 1.29 is 0 Å². The smallest absolute Gasteiger partial charge is 0.165 e. The Balaban J connectivity index is 1.40. The van der Waals surface area contributed by atoms with Crippen molar-refractivity contribution in [2.45, 2.75) is 39.5 Å². The molecule has 37 heavy (non-hydrogen) atoms. The molecule has 0 N–H and O–H groups in total. The van der Waals surface area contributed by atoms with Crippen LogP contribution in [0.2, 0.25) is 0 Å². The zero-order chi connectivity index (χ0) is 25.2. The maximum absolute atomic E-state index is 5.17. The lowest BCUT2D eigenvalue weighted by Crippen LogP contribution is -2.36. The molecule has 0 radical (unpaired) electrons. The fraction of sp³-hybridized carbons (Fsp3) is 0.273. The average molecular weight is 487 g/mol. The molecule has 0 unspecified atom stereocenters. The minimum atomic E-state index is 0.717. The minimum absolute atomic E-state index is 0.717. The predicted octanol–water partition coefficient (Wildman–Crippen LogP) is 7.06. The lowest BCUT2D eigenvalue weighted by Gasteiger charge is -2.35. The molecule has 0 aliphatic carbocycles. The van der Waals surface area contributed by atoms with Gasteiger partial charge in [-0.2, -0.15) is 9.61 Å². The standard InChI is InChI=1S/C33H34N4/c1-24-30(23-27-14-8-4-9-15-27)33(36-20-18-28(19-21-36)22-26-12-6-3-7-13-26)37-32(34-24)31(25(2)35-37)29-16-10-5-11-17-29/h3-17,28H,18-23H2,1-2H3. The highest BCUT2D eigenvalue weighted by Crippen LogP contribution is 2.35. The van der Waals surface area contributed by atoms with Crippen LogP contribution in [-0.4, -0.2) is 27.7 Å². The van der Waals surface area contributed by atoms with Gasteiger partial charge in [0.15, 0.2) is 5.65 Å². The Kier molecular flexibility index (Phi) is 6.48. The van der Waals surface area contributed by atoms with Crippen LogP contribution in [0.5, 0.6) is 0 Å². The van der Waals surface area contributed by atoms with E-state index in [1.54, 1.807) is 0 Å². The van der Waals surface area contributed by atoms with E-state index in [0.717, 1.165) is 48.5 Å². The van der Waals surface area contributed by atoms with Crippen LogP contribution in [0.3, 0.4) is 0 Å². The maximum Gasteiger partial charge on any atom is 0.165 e. The molecule has 6 rings (SSSR count). The van der Waals surface area contributed by atoms with Gasteiger partial charge < -0.3 is 4.90 Å². The van der Waals surface area contributed by atoms with Gasteiger partial charge in [0.1, 0.15) is 5.82 Å². The molecule has 5 aromatic rings. The summed E-state index contributed by atoms with van der Waals surface area (Å²) < 4.78 is 2.14. The summed E-state index contributed by atoms with van der Waals surface area (Å²) in [6, 6.07) is 32.2. The van der Waals surface area contributed by atoms with Gasteiger partial charge >= 0.3 is 0 Å². The van der Waals surface area contributed by atoms with Crippen molar-refractivity contribution in [2.75, 3.05) is 18.0 Å². The minimum Gasteiger partial charge on any atom is -0.356 e. The number of nitrogens with zero attached hydrogens (tertiary/aromatic N) is 4. The third-order valence-corrected chi connectivity index (χ3v) is 7.78. The molecule has 0 bridgehead atoms. The summed E-state index contributed by atoms with van der Waals surface area (Å²) >= 11 is 0. The van der Waals surface area contributed by atoms with Gasteiger partial charge in [-0.3, -0.25) is 0 Å². The first-order valence-corrected chi connectivity index (χ1v) is 13.4. The van der Waals surface area contributed by atoms with Crippen molar-refractivity contribution in [1.82, 2.24) is 14.6 Å². The molecule has 1 aliphatic heterocycles. The van der Waals surface area contributed by atoms with Crippen molar-refractivity contribution in [3.63, 3.8) is 0 Å². The highest BCUT2D eigenvalue weighted by atomic mass is 15.4. The number of piperidine rings is 1. The number of fused-ring (bicyclic) bond motifs is 1. The summed E-state index contributed by atoms with van der Waals surface area (Å²) in [5.41, 5.74) is 9.41. The predicted molar refractivity (Wildman–Crippen MR) is 152 cm³/mol. The number of aromatic nitrogens is 3. The molecule has 0 saturated carbocycles. The van der Waals surface area contributed by atoms with Crippen molar-refractivity contribution in [3.8, 4) is 11.1 Å². The van der Waals surface area contributed by atoms with Gasteiger partial charge in [-0.1, -0.05) is 91.0 Å². The molecule has 1 aliphatic rings. The molecule has 4 heteroatoms. The van der Waals surface area contributed by atoms with Crippen LogP contribution in [0.4, 0.5) is 5.82 Å². The molecule has 2 aromatic heterocycles. The number of anilines is 1. The summed E-state index contributed by atoms with van der Waals surface area (Å²) in [6.45, 7) is 6.36. The Labute approximate surface area is 219 Å². The Morgan fingerprint density at radius 3 is 1.97 bits per heavy atom. The lowest BCUT2D eigenvalue weighted by atomic mass is 9.90. The van der Waals surface area contributed by atoms with Gasteiger partial charge in [-0.05, 0) is 55.7 Å². The zero-order valence-corrected chi connectivity index (χ0v) is 21.8. The van der Waals surface area contributed by atoms with Gasteiger partial charge in [-0.15, -0.1) is 0 Å². The highest BCUT2D eigenvalue weighted by Gasteiger charge is 2.27. The van der Waals surface area contributed by atoms with Crippen molar-refractivity contribution in [2.24, 2.45) is 5.92 Å². The van der Waals surface area contributed by atoms with Gasteiger partial charge in [0.05, 0.1) is 5.69 Å². The van der Waals surface area contributed by atoms with Crippen LogP contribution in [0.1, 0.15) is 40.9 Å². The summed E-state index contributed by atoms with van der Waals surface area (Å²) in [4.78, 5) is 7.74. The number of hydrogen-bond donors (Lipinski definition) is 0. The number of rotatable bonds is 6. The van der Waals surface area contributed by atoms with Gasteiger partial charge in [0, 0.05) is 36.3 Å². The van der Waals surface area contributed by atoms with Crippen LogP contribution < -0.4 is 4.90 Å². The third kappa shape index (κ3) is 4.76. The SMILES string of the molecule is Cc1nc2c(-c3ccccc3)c(C)nn2c(N2CCC(Cc3ccccc3)CC2)c1Cc1ccccc1. The van der Waals surface area contributed by atoms with Crippen molar-refractivity contribution in [3.05, 3.63) is 119 Å². The molecule has 3 heterocycles. The lowest BCUT2D eigenvalue weighted by molar-refractivity contribution is 0.400. The molecule has 0 amide bonds. The molecule has 186 valence electrons. The topological polar surface area (TPSA) is 33.4 Å². The molecular weight excluding hydrogens is 452 g/mol. The van der Waals surface area contributed by atoms with Crippen LogP contribution in [-0.2, 0) is 12.8 Å². The summed E-state index contributed by atoms with van der Waals surface area (Å²) in [5.74, 6) is 1.93. The largest absolute Gasteiger partial charge is 0.356 e. The van der Waals surface area contributed by atoms with E-state index in [1.165, 1.54) is 40.9 Å². The molecule has 4 nitrogen and oxygen atoms in total. The van der Waals surface area contributed by atoms with E-state index in [-0.39, 0.29) is 0 Å². The summed E-state index contributed by atoms with van der Waals surface area (Å²) in [5, 5.41) is 5.11. The molecule has 1 fully saturated rings. The molecule has 1 saturated heterocycles. The molecule has 0 atom stereocenters. The van der Waals surface area contributed by atoms with Crippen LogP contribution >= 0.6 is 0 Å². The zero-order valence-electron chi connectivity index (χ0n) is 21.8. The quantitative estimate of drug-likeness (QED) is 0.258. The summed E-state index contributed by atoms with van der Waals surface area (Å²) in [6.07, 6.45) is 4.40. The number of hydrogen-bond acceptors (Lipinski definition) is 3. The first-order valence-electron chi connectivity index (χ1n) is 13.4. The Morgan fingerprint density at radius 1 is 0.730 bits per heavy atom. The van der Waals surface area contributed by atoms with E-state index >= 15 is 0 Å². The van der Waals surface area contributed by atoms with E-state index in [2.05, 4.69) is 114 Å². The first-order chi connectivity index (χ1) is 18.2. The average Bonchev–Trinajstić information content (AvgIpc) is 3.26. The maximum atomic E-state index is 5.17. The first kappa shape index (κ1) is 23.5. The van der Waals surface area contributed by atoms with E-state index in [9.17, 15) is 0 Å². The molecular formula is C33H34N4. The van der Waals surface area contributed by atoms with Crippen molar-refractivity contribution in [1.29, 1.82) is 0 Å². The van der Waals surface area contributed by atoms with Crippen molar-refractivity contribution >= 4 is 11.5 Å². The van der Waals surface area contributed by atoms with Gasteiger partial charge in [0.2, 0.25) is 0 Å². The van der Waals surface area contributed by atoms with Crippen LogP contribution in [0.25, 0.3) is 16.8 Å². The van der Waals surface area contributed by atoms with Crippen LogP contribution in [0, 0.1) is 19.8 Å². The molecule has 3 aromatic carbocycles. The fourth-order valence-electron chi connectivity index (χ4n) is 5.85. The van der Waals surface area contributed by atoms with E-state index < -0.39 is 0 Å². The number of benzene rings is 3. The second-order valence-corrected chi connectivity index (χ2v) is 10.3. The Hall–Kier alpha value is -3.92. The molecule has 0 spiro atoms. The van der Waals surface area contributed by atoms with E-state index in [0.29, 0.717) is 5.92 Å². The third-order valence-electron chi connectivity index (χ3n) is 7.78. The van der Waals surface area contributed by atoms with Crippen LogP contribution in [0.15, 0.2) is 91.0 Å².